The van der Waals surface area contributed by atoms with Crippen molar-refractivity contribution in [1.29, 1.82) is 0 Å². The van der Waals surface area contributed by atoms with E-state index in [0.29, 0.717) is 0 Å². The first-order valence-electron chi connectivity index (χ1n) is 10.1. The normalized spacial score (nSPS) is 13.7. The lowest BCUT2D eigenvalue weighted by molar-refractivity contribution is 0.306. The highest BCUT2D eigenvalue weighted by molar-refractivity contribution is 5.27. The lowest BCUT2D eigenvalue weighted by atomic mass is 9.93. The summed E-state index contributed by atoms with van der Waals surface area (Å²) in [5.74, 6) is 2.67. The Bertz CT molecular complexity index is 401. The van der Waals surface area contributed by atoms with Crippen molar-refractivity contribution in [3.63, 3.8) is 0 Å². The van der Waals surface area contributed by atoms with Crippen LogP contribution in [0, 0.1) is 11.8 Å². The largest absolute Gasteiger partial charge is 0.494 e. The average molecular weight is 334 g/mol. The van der Waals surface area contributed by atoms with Crippen LogP contribution in [0.2, 0.25) is 0 Å². The maximum atomic E-state index is 5.77. The first kappa shape index (κ1) is 21.0. The van der Waals surface area contributed by atoms with E-state index < -0.39 is 0 Å². The van der Waals surface area contributed by atoms with E-state index in [1.54, 1.807) is 0 Å². The molecule has 24 heavy (non-hydrogen) atoms. The number of hydrogen-bond donors (Lipinski definition) is 1. The molecule has 0 saturated heterocycles. The van der Waals surface area contributed by atoms with Gasteiger partial charge in [0.25, 0.3) is 0 Å². The fraction of sp³-hybridized carbons (Fsp3) is 0.727. The lowest BCUT2D eigenvalue weighted by Gasteiger charge is -2.18. The second kappa shape index (κ2) is 13.3. The molecule has 1 aromatic carbocycles. The topological polar surface area (TPSA) is 21.3 Å². The van der Waals surface area contributed by atoms with E-state index >= 15 is 0 Å². The third-order valence-corrected chi connectivity index (χ3v) is 5.04. The zero-order valence-electron chi connectivity index (χ0n) is 16.4. The van der Waals surface area contributed by atoms with Gasteiger partial charge in [0.1, 0.15) is 5.75 Å². The lowest BCUT2D eigenvalue weighted by Crippen LogP contribution is -2.22. The Balaban J connectivity index is 2.23. The number of ether oxygens (including phenoxy) is 1. The van der Waals surface area contributed by atoms with Crippen LogP contribution in [-0.4, -0.2) is 13.2 Å². The molecule has 0 fully saturated rings. The minimum atomic E-state index is 0.806. The van der Waals surface area contributed by atoms with Crippen LogP contribution in [0.25, 0.3) is 0 Å². The smallest absolute Gasteiger partial charge is 0.119 e. The molecule has 0 heterocycles. The summed E-state index contributed by atoms with van der Waals surface area (Å²) < 4.78 is 5.77. The summed E-state index contributed by atoms with van der Waals surface area (Å²) in [7, 11) is 0. The first-order chi connectivity index (χ1) is 11.7. The van der Waals surface area contributed by atoms with Crippen molar-refractivity contribution in [3.8, 4) is 5.75 Å². The zero-order valence-corrected chi connectivity index (χ0v) is 16.4. The molecule has 1 rings (SSSR count). The van der Waals surface area contributed by atoms with Crippen molar-refractivity contribution < 1.29 is 4.74 Å². The summed E-state index contributed by atoms with van der Waals surface area (Å²) in [5.41, 5.74) is 1.34. The van der Waals surface area contributed by atoms with Gasteiger partial charge in [-0.2, -0.15) is 0 Å². The molecule has 0 saturated carbocycles. The van der Waals surface area contributed by atoms with Crippen LogP contribution < -0.4 is 10.1 Å². The van der Waals surface area contributed by atoms with Gasteiger partial charge in [0, 0.05) is 6.54 Å². The van der Waals surface area contributed by atoms with Gasteiger partial charge in [-0.15, -0.1) is 0 Å². The van der Waals surface area contributed by atoms with Crippen LogP contribution in [0.15, 0.2) is 24.3 Å². The monoisotopic (exact) mass is 333 g/mol. The Labute approximate surface area is 150 Å². The molecule has 0 amide bonds. The van der Waals surface area contributed by atoms with Crippen LogP contribution >= 0.6 is 0 Å². The van der Waals surface area contributed by atoms with Crippen molar-refractivity contribution in [3.05, 3.63) is 29.8 Å². The van der Waals surface area contributed by atoms with Gasteiger partial charge in [0.15, 0.2) is 0 Å². The highest BCUT2D eigenvalue weighted by Gasteiger charge is 2.08. The van der Waals surface area contributed by atoms with Crippen LogP contribution in [0.4, 0.5) is 0 Å². The van der Waals surface area contributed by atoms with E-state index in [2.05, 4.69) is 57.3 Å². The summed E-state index contributed by atoms with van der Waals surface area (Å²) in [6.45, 7) is 12.1. The van der Waals surface area contributed by atoms with E-state index in [1.165, 1.54) is 44.1 Å². The summed E-state index contributed by atoms with van der Waals surface area (Å²) >= 11 is 0. The highest BCUT2D eigenvalue weighted by atomic mass is 16.5. The number of unbranched alkanes of at least 4 members (excludes halogenated alkanes) is 2. The molecule has 138 valence electrons. The molecule has 0 aliphatic carbocycles. The Morgan fingerprint density at radius 3 is 2.33 bits per heavy atom. The molecular formula is C22H39NO. The van der Waals surface area contributed by atoms with Crippen molar-refractivity contribution in [1.82, 2.24) is 5.32 Å². The third-order valence-electron chi connectivity index (χ3n) is 5.04. The van der Waals surface area contributed by atoms with E-state index in [0.717, 1.165) is 43.7 Å². The molecule has 2 atom stereocenters. The second-order valence-electron chi connectivity index (χ2n) is 7.20. The van der Waals surface area contributed by atoms with Gasteiger partial charge in [0.05, 0.1) is 6.61 Å². The van der Waals surface area contributed by atoms with Gasteiger partial charge < -0.3 is 10.1 Å². The van der Waals surface area contributed by atoms with Gasteiger partial charge in [-0.1, -0.05) is 71.9 Å². The van der Waals surface area contributed by atoms with Crippen LogP contribution in [0.1, 0.15) is 78.2 Å². The fourth-order valence-electron chi connectivity index (χ4n) is 2.84. The Hall–Kier alpha value is -1.02. The van der Waals surface area contributed by atoms with Gasteiger partial charge in [-0.3, -0.25) is 0 Å². The molecule has 0 radical (unpaired) electrons. The molecule has 2 heteroatoms. The van der Waals surface area contributed by atoms with E-state index in [1.807, 2.05) is 0 Å². The number of nitrogens with one attached hydrogen (secondary N) is 1. The van der Waals surface area contributed by atoms with Crippen molar-refractivity contribution in [2.45, 2.75) is 79.2 Å². The van der Waals surface area contributed by atoms with Crippen LogP contribution in [-0.2, 0) is 6.54 Å². The molecule has 1 N–H and O–H groups in total. The van der Waals surface area contributed by atoms with Crippen molar-refractivity contribution >= 4 is 0 Å². The minimum absolute atomic E-state index is 0.806. The van der Waals surface area contributed by atoms with E-state index in [4.69, 9.17) is 4.74 Å². The number of hydrogen-bond acceptors (Lipinski definition) is 2. The molecular weight excluding hydrogens is 294 g/mol. The SMILES string of the molecule is CCCCCOc1ccc(CNCC(CC)CCC(C)CC)cc1. The maximum absolute atomic E-state index is 5.77. The summed E-state index contributed by atoms with van der Waals surface area (Å²) in [4.78, 5) is 0. The Morgan fingerprint density at radius 2 is 1.71 bits per heavy atom. The second-order valence-corrected chi connectivity index (χ2v) is 7.20. The summed E-state index contributed by atoms with van der Waals surface area (Å²) in [6, 6.07) is 8.57. The van der Waals surface area contributed by atoms with E-state index in [9.17, 15) is 0 Å². The van der Waals surface area contributed by atoms with Gasteiger partial charge in [-0.05, 0) is 48.9 Å². The molecule has 2 unspecified atom stereocenters. The Kier molecular flexibility index (Phi) is 11.6. The highest BCUT2D eigenvalue weighted by Crippen LogP contribution is 2.17. The molecule has 0 aliphatic rings. The molecule has 0 aromatic heterocycles. The van der Waals surface area contributed by atoms with Gasteiger partial charge in [-0.25, -0.2) is 0 Å². The quantitative estimate of drug-likeness (QED) is 0.409. The fourth-order valence-corrected chi connectivity index (χ4v) is 2.84. The molecule has 0 bridgehead atoms. The third kappa shape index (κ3) is 9.32. The number of rotatable bonds is 14. The molecule has 0 aliphatic heterocycles. The predicted molar refractivity (Wildman–Crippen MR) is 106 cm³/mol. The average Bonchev–Trinajstić information content (AvgIpc) is 2.62. The van der Waals surface area contributed by atoms with Gasteiger partial charge in [0.2, 0.25) is 0 Å². The molecule has 0 spiro atoms. The van der Waals surface area contributed by atoms with E-state index in [-0.39, 0.29) is 0 Å². The Morgan fingerprint density at radius 1 is 0.958 bits per heavy atom. The summed E-state index contributed by atoms with van der Waals surface area (Å²) in [6.07, 6.45) is 8.92. The predicted octanol–water partition coefficient (Wildman–Crippen LogP) is 6.20. The standard InChI is InChI=1S/C22H39NO/c1-5-8-9-16-24-22-14-12-21(13-15-22)18-23-17-20(7-3)11-10-19(4)6-2/h12-15,19-20,23H,5-11,16-18H2,1-4H3. The van der Waals surface area contributed by atoms with Gasteiger partial charge >= 0.3 is 0 Å². The molecule has 1 aromatic rings. The zero-order chi connectivity index (χ0) is 17.6. The summed E-state index contributed by atoms with van der Waals surface area (Å²) in [5, 5.41) is 3.63. The molecule has 2 nitrogen and oxygen atoms in total. The maximum Gasteiger partial charge on any atom is 0.119 e. The first-order valence-corrected chi connectivity index (χ1v) is 10.1. The van der Waals surface area contributed by atoms with Crippen LogP contribution in [0.5, 0.6) is 5.75 Å². The van der Waals surface area contributed by atoms with Crippen molar-refractivity contribution in [2.75, 3.05) is 13.2 Å². The minimum Gasteiger partial charge on any atom is -0.494 e. The van der Waals surface area contributed by atoms with Crippen LogP contribution in [0.3, 0.4) is 0 Å². The number of benzene rings is 1. The van der Waals surface area contributed by atoms with Crippen molar-refractivity contribution in [2.24, 2.45) is 11.8 Å².